The van der Waals surface area contributed by atoms with E-state index in [1.165, 1.54) is 13.2 Å². The first kappa shape index (κ1) is 15.6. The van der Waals surface area contributed by atoms with Gasteiger partial charge in [-0.15, -0.1) is 0 Å². The van der Waals surface area contributed by atoms with E-state index in [1.54, 1.807) is 12.1 Å². The van der Waals surface area contributed by atoms with E-state index in [-0.39, 0.29) is 10.0 Å². The van der Waals surface area contributed by atoms with Gasteiger partial charge < -0.3 is 4.74 Å². The van der Waals surface area contributed by atoms with Gasteiger partial charge in [0.25, 0.3) is 0 Å². The average molecular weight is 355 g/mol. The number of hydrogen-bond donors (Lipinski definition) is 0. The molecular formula is C16H13BrF2O2. The lowest BCUT2D eigenvalue weighted by Crippen LogP contribution is -2.08. The van der Waals surface area contributed by atoms with Crippen LogP contribution in [0.4, 0.5) is 8.78 Å². The highest BCUT2D eigenvalue weighted by atomic mass is 79.9. The van der Waals surface area contributed by atoms with E-state index in [0.717, 1.165) is 17.2 Å². The molecule has 0 aliphatic heterocycles. The Bertz CT molecular complexity index is 727. The minimum Gasteiger partial charge on any atom is -0.496 e. The number of hydrogen-bond acceptors (Lipinski definition) is 2. The van der Waals surface area contributed by atoms with Crippen LogP contribution in [0.5, 0.6) is 5.75 Å². The highest BCUT2D eigenvalue weighted by Gasteiger charge is 2.22. The van der Waals surface area contributed by atoms with Gasteiger partial charge in [-0.2, -0.15) is 0 Å². The van der Waals surface area contributed by atoms with Crippen molar-refractivity contribution < 1.29 is 18.3 Å². The van der Waals surface area contributed by atoms with E-state index >= 15 is 0 Å². The SMILES string of the molecule is COc1c(C(=O)c2ccc(F)c(F)c2Br)ccc(C)c1C. The number of benzene rings is 2. The second kappa shape index (κ2) is 5.93. The lowest BCUT2D eigenvalue weighted by molar-refractivity contribution is 0.103. The fourth-order valence-corrected chi connectivity index (χ4v) is 2.58. The van der Waals surface area contributed by atoms with E-state index < -0.39 is 17.4 Å². The number of ketones is 1. The first-order valence-corrected chi connectivity index (χ1v) is 7.00. The molecule has 0 spiro atoms. The molecule has 2 aromatic carbocycles. The van der Waals surface area contributed by atoms with E-state index in [0.29, 0.717) is 11.3 Å². The summed E-state index contributed by atoms with van der Waals surface area (Å²) in [7, 11) is 1.47. The summed E-state index contributed by atoms with van der Waals surface area (Å²) in [5.41, 5.74) is 2.18. The van der Waals surface area contributed by atoms with Gasteiger partial charge in [-0.25, -0.2) is 8.78 Å². The molecule has 0 fully saturated rings. The summed E-state index contributed by atoms with van der Waals surface area (Å²) in [4.78, 5) is 12.6. The van der Waals surface area contributed by atoms with Crippen LogP contribution in [0.1, 0.15) is 27.0 Å². The molecule has 0 bridgehead atoms. The van der Waals surface area contributed by atoms with Crippen molar-refractivity contribution in [2.24, 2.45) is 0 Å². The van der Waals surface area contributed by atoms with E-state index in [1.807, 2.05) is 13.8 Å². The first-order valence-electron chi connectivity index (χ1n) is 6.20. The van der Waals surface area contributed by atoms with E-state index in [4.69, 9.17) is 4.74 Å². The molecule has 0 aliphatic carbocycles. The summed E-state index contributed by atoms with van der Waals surface area (Å²) < 4.78 is 31.8. The van der Waals surface area contributed by atoms with Gasteiger partial charge in [0.05, 0.1) is 17.1 Å². The van der Waals surface area contributed by atoms with Gasteiger partial charge >= 0.3 is 0 Å². The van der Waals surface area contributed by atoms with Gasteiger partial charge in [0.1, 0.15) is 5.75 Å². The number of aryl methyl sites for hydroxylation is 1. The third kappa shape index (κ3) is 2.70. The largest absolute Gasteiger partial charge is 0.496 e. The lowest BCUT2D eigenvalue weighted by atomic mass is 9.97. The number of halogens is 3. The Morgan fingerprint density at radius 1 is 1.10 bits per heavy atom. The molecule has 110 valence electrons. The maximum atomic E-state index is 13.6. The van der Waals surface area contributed by atoms with Crippen molar-refractivity contribution in [3.8, 4) is 5.75 Å². The minimum absolute atomic E-state index is 0.0513. The predicted molar refractivity (Wildman–Crippen MR) is 80.0 cm³/mol. The molecule has 0 saturated heterocycles. The van der Waals surface area contributed by atoms with Crippen molar-refractivity contribution in [3.05, 3.63) is 62.6 Å². The Hall–Kier alpha value is -1.75. The molecule has 0 aromatic heterocycles. The smallest absolute Gasteiger partial charge is 0.198 e. The van der Waals surface area contributed by atoms with Crippen LogP contribution in [0.25, 0.3) is 0 Å². The summed E-state index contributed by atoms with van der Waals surface area (Å²) in [6.07, 6.45) is 0. The molecule has 2 rings (SSSR count). The number of rotatable bonds is 3. The van der Waals surface area contributed by atoms with Crippen molar-refractivity contribution in [2.45, 2.75) is 13.8 Å². The standard InChI is InChI=1S/C16H13BrF2O2/c1-8-4-5-11(16(21-3)9(8)2)15(20)10-6-7-12(18)14(19)13(10)17/h4-7H,1-3H3. The number of carbonyl (C=O) groups excluding carboxylic acids is 1. The Labute approximate surface area is 129 Å². The summed E-state index contributed by atoms with van der Waals surface area (Å²) in [6.45, 7) is 3.74. The summed E-state index contributed by atoms with van der Waals surface area (Å²) in [6, 6.07) is 5.59. The second-order valence-electron chi connectivity index (χ2n) is 4.64. The van der Waals surface area contributed by atoms with Crippen LogP contribution >= 0.6 is 15.9 Å². The Morgan fingerprint density at radius 2 is 1.71 bits per heavy atom. The van der Waals surface area contributed by atoms with Crippen molar-refractivity contribution in [1.82, 2.24) is 0 Å². The molecule has 21 heavy (non-hydrogen) atoms. The van der Waals surface area contributed by atoms with Gasteiger partial charge in [0.15, 0.2) is 17.4 Å². The van der Waals surface area contributed by atoms with Crippen LogP contribution < -0.4 is 4.74 Å². The van der Waals surface area contributed by atoms with E-state index in [2.05, 4.69) is 15.9 Å². The quantitative estimate of drug-likeness (QED) is 0.595. The predicted octanol–water partition coefficient (Wildman–Crippen LogP) is 4.58. The molecule has 0 amide bonds. The summed E-state index contributed by atoms with van der Waals surface area (Å²) >= 11 is 2.93. The van der Waals surface area contributed by atoms with Gasteiger partial charge in [0.2, 0.25) is 0 Å². The molecule has 2 aromatic rings. The molecule has 0 N–H and O–H groups in total. The van der Waals surface area contributed by atoms with Crippen LogP contribution in [0.3, 0.4) is 0 Å². The molecule has 0 heterocycles. The van der Waals surface area contributed by atoms with Crippen molar-refractivity contribution in [1.29, 1.82) is 0 Å². The monoisotopic (exact) mass is 354 g/mol. The molecule has 0 unspecified atom stereocenters. The molecule has 0 aliphatic rings. The topological polar surface area (TPSA) is 26.3 Å². The third-order valence-electron chi connectivity index (χ3n) is 3.41. The third-order valence-corrected chi connectivity index (χ3v) is 4.18. The zero-order chi connectivity index (χ0) is 15.7. The van der Waals surface area contributed by atoms with Crippen molar-refractivity contribution in [3.63, 3.8) is 0 Å². The van der Waals surface area contributed by atoms with Gasteiger partial charge in [-0.1, -0.05) is 6.07 Å². The molecule has 0 radical (unpaired) electrons. The maximum absolute atomic E-state index is 13.6. The highest BCUT2D eigenvalue weighted by molar-refractivity contribution is 9.10. The zero-order valence-corrected chi connectivity index (χ0v) is 13.3. The normalized spacial score (nSPS) is 10.6. The second-order valence-corrected chi connectivity index (χ2v) is 5.43. The minimum atomic E-state index is -1.08. The Kier molecular flexibility index (Phi) is 4.42. The Balaban J connectivity index is 2.61. The van der Waals surface area contributed by atoms with Gasteiger partial charge in [0, 0.05) is 5.56 Å². The lowest BCUT2D eigenvalue weighted by Gasteiger charge is -2.13. The van der Waals surface area contributed by atoms with Crippen molar-refractivity contribution >= 4 is 21.7 Å². The highest BCUT2D eigenvalue weighted by Crippen LogP contribution is 2.31. The Morgan fingerprint density at radius 3 is 2.33 bits per heavy atom. The number of ether oxygens (including phenoxy) is 1. The molecule has 0 saturated carbocycles. The van der Waals surface area contributed by atoms with Crippen LogP contribution in [-0.4, -0.2) is 12.9 Å². The zero-order valence-electron chi connectivity index (χ0n) is 11.8. The summed E-state index contributed by atoms with van der Waals surface area (Å²) in [5, 5.41) is 0. The van der Waals surface area contributed by atoms with Gasteiger partial charge in [-0.3, -0.25) is 4.79 Å². The number of methoxy groups -OCH3 is 1. The van der Waals surface area contributed by atoms with Crippen LogP contribution in [0.2, 0.25) is 0 Å². The molecule has 5 heteroatoms. The van der Waals surface area contributed by atoms with E-state index in [9.17, 15) is 13.6 Å². The van der Waals surface area contributed by atoms with Crippen LogP contribution in [-0.2, 0) is 0 Å². The van der Waals surface area contributed by atoms with Crippen LogP contribution in [0, 0.1) is 25.5 Å². The first-order chi connectivity index (χ1) is 9.88. The fraction of sp³-hybridized carbons (Fsp3) is 0.188. The number of carbonyl (C=O) groups is 1. The molecule has 0 atom stereocenters. The van der Waals surface area contributed by atoms with Crippen LogP contribution in [0.15, 0.2) is 28.7 Å². The van der Waals surface area contributed by atoms with Gasteiger partial charge in [-0.05, 0) is 59.1 Å². The van der Waals surface area contributed by atoms with Crippen molar-refractivity contribution in [2.75, 3.05) is 7.11 Å². The summed E-state index contributed by atoms with van der Waals surface area (Å²) in [5.74, 6) is -2.08. The molecular weight excluding hydrogens is 342 g/mol. The average Bonchev–Trinajstić information content (AvgIpc) is 2.47. The maximum Gasteiger partial charge on any atom is 0.198 e. The molecule has 2 nitrogen and oxygen atoms in total. The fourth-order valence-electron chi connectivity index (χ4n) is 2.08.